The number of hydrogen-bond acceptors (Lipinski definition) is 3. The van der Waals surface area contributed by atoms with Crippen LogP contribution in [0.5, 0.6) is 0 Å². The van der Waals surface area contributed by atoms with Crippen LogP contribution in [0.25, 0.3) is 21.9 Å². The molecular weight excluding hydrogens is 322 g/mol. The molecule has 0 saturated heterocycles. The molecule has 4 rings (SSSR count). The summed E-state index contributed by atoms with van der Waals surface area (Å²) in [6.07, 6.45) is 5.86. The van der Waals surface area contributed by atoms with Gasteiger partial charge in [-0.1, -0.05) is 11.6 Å². The van der Waals surface area contributed by atoms with Gasteiger partial charge in [-0.05, 0) is 35.9 Å². The second kappa shape index (κ2) is 6.26. The average Bonchev–Trinajstić information content (AvgIpc) is 3.15. The first-order valence-electron chi connectivity index (χ1n) is 7.92. The van der Waals surface area contributed by atoms with Crippen LogP contribution in [0.1, 0.15) is 5.56 Å². The molecule has 0 aliphatic carbocycles. The predicted octanol–water partition coefficient (Wildman–Crippen LogP) is 3.37. The first-order chi connectivity index (χ1) is 11.7. The Hall–Kier alpha value is -2.37. The van der Waals surface area contributed by atoms with Gasteiger partial charge in [-0.3, -0.25) is 4.68 Å². The first kappa shape index (κ1) is 15.2. The van der Waals surface area contributed by atoms with Crippen LogP contribution in [0.15, 0.2) is 48.9 Å². The average molecular weight is 340 g/mol. The lowest BCUT2D eigenvalue weighted by molar-refractivity contribution is 0.609. The minimum atomic E-state index is 0.775. The van der Waals surface area contributed by atoms with E-state index < -0.39 is 0 Å². The van der Waals surface area contributed by atoms with Gasteiger partial charge in [-0.2, -0.15) is 5.10 Å². The van der Waals surface area contributed by atoms with Gasteiger partial charge in [0.05, 0.1) is 6.20 Å². The highest BCUT2D eigenvalue weighted by Crippen LogP contribution is 2.20. The van der Waals surface area contributed by atoms with Gasteiger partial charge in [0.1, 0.15) is 0 Å². The van der Waals surface area contributed by atoms with E-state index in [4.69, 9.17) is 11.6 Å². The molecule has 0 aliphatic rings. The summed E-state index contributed by atoms with van der Waals surface area (Å²) in [6.45, 7) is 2.59. The van der Waals surface area contributed by atoms with Gasteiger partial charge in [-0.25, -0.2) is 4.98 Å². The molecule has 0 bridgehead atoms. The van der Waals surface area contributed by atoms with Gasteiger partial charge in [-0.15, -0.1) is 0 Å². The predicted molar refractivity (Wildman–Crippen MR) is 97.2 cm³/mol. The number of halogens is 1. The van der Waals surface area contributed by atoms with Crippen LogP contribution in [0, 0.1) is 0 Å². The van der Waals surface area contributed by atoms with E-state index in [0.717, 1.165) is 35.7 Å². The lowest BCUT2D eigenvalue weighted by atomic mass is 10.2. The van der Waals surface area contributed by atoms with Crippen molar-refractivity contribution in [3.05, 3.63) is 59.5 Å². The maximum atomic E-state index is 6.03. The fourth-order valence-electron chi connectivity index (χ4n) is 2.98. The molecule has 0 spiro atoms. The Bertz CT molecular complexity index is 1000. The largest absolute Gasteiger partial charge is 0.346 e. The van der Waals surface area contributed by atoms with E-state index in [2.05, 4.69) is 44.4 Å². The van der Waals surface area contributed by atoms with Gasteiger partial charge in [0.25, 0.3) is 0 Å². The van der Waals surface area contributed by atoms with Crippen LogP contribution >= 0.6 is 11.6 Å². The first-order valence-corrected chi connectivity index (χ1v) is 8.30. The van der Waals surface area contributed by atoms with E-state index in [1.54, 1.807) is 4.68 Å². The fraction of sp³-hybridized carbons (Fsp3) is 0.222. The number of pyridine rings is 1. The number of hydrogen-bond donors (Lipinski definition) is 1. The molecule has 1 N–H and O–H groups in total. The lowest BCUT2D eigenvalue weighted by Gasteiger charge is -2.08. The van der Waals surface area contributed by atoms with Crippen molar-refractivity contribution in [1.82, 2.24) is 24.6 Å². The molecule has 0 atom stereocenters. The highest BCUT2D eigenvalue weighted by molar-refractivity contribution is 6.31. The summed E-state index contributed by atoms with van der Waals surface area (Å²) in [7, 11) is 1.90. The number of nitrogens with one attached hydrogen (secondary N) is 1. The Kier molecular flexibility index (Phi) is 3.96. The quantitative estimate of drug-likeness (QED) is 0.567. The molecule has 5 nitrogen and oxygen atoms in total. The van der Waals surface area contributed by atoms with Gasteiger partial charge >= 0.3 is 0 Å². The Balaban J connectivity index is 1.37. The molecule has 4 aromatic rings. The van der Waals surface area contributed by atoms with E-state index >= 15 is 0 Å². The summed E-state index contributed by atoms with van der Waals surface area (Å²) in [6, 6.07) is 10.2. The van der Waals surface area contributed by atoms with Crippen molar-refractivity contribution in [2.75, 3.05) is 6.54 Å². The summed E-state index contributed by atoms with van der Waals surface area (Å²) in [4.78, 5) is 4.46. The second-order valence-electron chi connectivity index (χ2n) is 5.91. The lowest BCUT2D eigenvalue weighted by Crippen LogP contribution is -2.19. The van der Waals surface area contributed by atoms with Crippen molar-refractivity contribution in [1.29, 1.82) is 0 Å². The topological polar surface area (TPSA) is 47.7 Å². The monoisotopic (exact) mass is 339 g/mol. The zero-order valence-electron chi connectivity index (χ0n) is 13.4. The highest BCUT2D eigenvalue weighted by Gasteiger charge is 2.03. The van der Waals surface area contributed by atoms with Crippen molar-refractivity contribution in [3.8, 4) is 0 Å². The summed E-state index contributed by atoms with van der Waals surface area (Å²) in [5, 5.41) is 10.7. The van der Waals surface area contributed by atoms with Crippen molar-refractivity contribution in [2.24, 2.45) is 7.05 Å². The van der Waals surface area contributed by atoms with Crippen LogP contribution in [0.4, 0.5) is 0 Å². The summed E-state index contributed by atoms with van der Waals surface area (Å²) >= 11 is 6.03. The maximum Gasteiger partial charge on any atom is 0.157 e. The standard InChI is InChI=1S/C18H18ClN5/c1-23-18-15(12-22-23)8-13(11-21-18)10-20-5-7-24-6-4-14-9-16(19)2-3-17(14)24/h2-4,6,8-9,11-12,20H,5,7,10H2,1H3. The molecule has 6 heteroatoms. The molecule has 0 amide bonds. The maximum absolute atomic E-state index is 6.03. The third-order valence-electron chi connectivity index (χ3n) is 4.22. The van der Waals surface area contributed by atoms with Crippen molar-refractivity contribution in [3.63, 3.8) is 0 Å². The number of nitrogens with zero attached hydrogens (tertiary/aromatic N) is 4. The second-order valence-corrected chi connectivity index (χ2v) is 6.35. The van der Waals surface area contributed by atoms with E-state index in [1.807, 2.05) is 31.6 Å². The molecule has 122 valence electrons. The molecule has 3 aromatic heterocycles. The summed E-state index contributed by atoms with van der Waals surface area (Å²) < 4.78 is 4.02. The third kappa shape index (κ3) is 2.88. The molecule has 1 aromatic carbocycles. The molecule has 0 saturated carbocycles. The van der Waals surface area contributed by atoms with Crippen molar-refractivity contribution < 1.29 is 0 Å². The number of rotatable bonds is 5. The molecular formula is C18H18ClN5. The summed E-state index contributed by atoms with van der Waals surface area (Å²) in [5.41, 5.74) is 3.29. The molecule has 0 fully saturated rings. The van der Waals surface area contributed by atoms with Crippen molar-refractivity contribution in [2.45, 2.75) is 13.1 Å². The van der Waals surface area contributed by atoms with E-state index in [1.165, 1.54) is 16.5 Å². The van der Waals surface area contributed by atoms with Crippen LogP contribution in [-0.2, 0) is 20.1 Å². The zero-order chi connectivity index (χ0) is 16.5. The van der Waals surface area contributed by atoms with E-state index in [-0.39, 0.29) is 0 Å². The number of fused-ring (bicyclic) bond motifs is 2. The Morgan fingerprint density at radius 1 is 1.12 bits per heavy atom. The minimum Gasteiger partial charge on any atom is -0.346 e. The zero-order valence-corrected chi connectivity index (χ0v) is 14.2. The number of aryl methyl sites for hydroxylation is 1. The third-order valence-corrected chi connectivity index (χ3v) is 4.46. The molecule has 0 unspecified atom stereocenters. The van der Waals surface area contributed by atoms with Crippen LogP contribution in [-0.4, -0.2) is 25.9 Å². The number of benzene rings is 1. The number of aromatic nitrogens is 4. The van der Waals surface area contributed by atoms with E-state index in [9.17, 15) is 0 Å². The van der Waals surface area contributed by atoms with Gasteiger partial charge in [0.2, 0.25) is 0 Å². The smallest absolute Gasteiger partial charge is 0.157 e. The van der Waals surface area contributed by atoms with Gasteiger partial charge < -0.3 is 9.88 Å². The van der Waals surface area contributed by atoms with Crippen LogP contribution < -0.4 is 5.32 Å². The summed E-state index contributed by atoms with van der Waals surface area (Å²) in [5.74, 6) is 0. The Morgan fingerprint density at radius 3 is 2.96 bits per heavy atom. The Morgan fingerprint density at radius 2 is 2.04 bits per heavy atom. The van der Waals surface area contributed by atoms with Crippen molar-refractivity contribution >= 4 is 33.5 Å². The normalized spacial score (nSPS) is 11.6. The van der Waals surface area contributed by atoms with Crippen LogP contribution in [0.2, 0.25) is 5.02 Å². The molecule has 0 radical (unpaired) electrons. The molecule has 3 heterocycles. The highest BCUT2D eigenvalue weighted by atomic mass is 35.5. The van der Waals surface area contributed by atoms with E-state index in [0.29, 0.717) is 0 Å². The fourth-order valence-corrected chi connectivity index (χ4v) is 3.16. The van der Waals surface area contributed by atoms with Gasteiger partial charge in [0, 0.05) is 60.4 Å². The molecule has 24 heavy (non-hydrogen) atoms. The molecule has 0 aliphatic heterocycles. The Labute approximate surface area is 144 Å². The van der Waals surface area contributed by atoms with Crippen LogP contribution in [0.3, 0.4) is 0 Å². The van der Waals surface area contributed by atoms with Gasteiger partial charge in [0.15, 0.2) is 5.65 Å². The SMILES string of the molecule is Cn1ncc2cc(CNCCn3ccc4cc(Cl)ccc43)cnc21. The minimum absolute atomic E-state index is 0.775.